The lowest BCUT2D eigenvalue weighted by Gasteiger charge is -2.15. The third-order valence-electron chi connectivity index (χ3n) is 3.61. The molecular weight excluding hydrogens is 246 g/mol. The summed E-state index contributed by atoms with van der Waals surface area (Å²) in [6, 6.07) is 0. The Morgan fingerprint density at radius 2 is 2.21 bits per heavy atom. The number of aromatic amines is 1. The van der Waals surface area contributed by atoms with E-state index in [-0.39, 0.29) is 11.8 Å². The SMILES string of the molecule is O=C(O)C1CCCC1C(=O)NCCCc1ncc[nH]1. The summed E-state index contributed by atoms with van der Waals surface area (Å²) in [7, 11) is 0. The molecule has 1 aliphatic rings. The number of carbonyl (C=O) groups is 2. The van der Waals surface area contributed by atoms with Crippen LogP contribution in [0, 0.1) is 11.8 Å². The van der Waals surface area contributed by atoms with Crippen molar-refractivity contribution in [2.24, 2.45) is 11.8 Å². The number of aryl methyl sites for hydroxylation is 1. The van der Waals surface area contributed by atoms with E-state index >= 15 is 0 Å². The molecule has 1 amide bonds. The van der Waals surface area contributed by atoms with Gasteiger partial charge in [-0.1, -0.05) is 6.42 Å². The highest BCUT2D eigenvalue weighted by Crippen LogP contribution is 2.31. The molecule has 2 unspecified atom stereocenters. The minimum absolute atomic E-state index is 0.121. The first-order valence-corrected chi connectivity index (χ1v) is 6.67. The zero-order valence-electron chi connectivity index (χ0n) is 10.8. The molecule has 1 heterocycles. The molecule has 3 N–H and O–H groups in total. The lowest BCUT2D eigenvalue weighted by molar-refractivity contribution is -0.146. The summed E-state index contributed by atoms with van der Waals surface area (Å²) in [6.07, 6.45) is 7.15. The predicted molar refractivity (Wildman–Crippen MR) is 68.4 cm³/mol. The first-order chi connectivity index (χ1) is 9.18. The van der Waals surface area contributed by atoms with E-state index in [1.807, 2.05) is 0 Å². The van der Waals surface area contributed by atoms with Crippen LogP contribution >= 0.6 is 0 Å². The highest BCUT2D eigenvalue weighted by atomic mass is 16.4. The van der Waals surface area contributed by atoms with E-state index in [0.29, 0.717) is 19.4 Å². The molecule has 1 saturated carbocycles. The number of nitrogens with zero attached hydrogens (tertiary/aromatic N) is 1. The zero-order chi connectivity index (χ0) is 13.7. The van der Waals surface area contributed by atoms with E-state index in [0.717, 1.165) is 25.1 Å². The van der Waals surface area contributed by atoms with Crippen molar-refractivity contribution in [3.63, 3.8) is 0 Å². The Morgan fingerprint density at radius 3 is 2.89 bits per heavy atom. The second kappa shape index (κ2) is 6.36. The van der Waals surface area contributed by atoms with Crippen LogP contribution in [-0.2, 0) is 16.0 Å². The van der Waals surface area contributed by atoms with Crippen LogP contribution in [0.1, 0.15) is 31.5 Å². The second-order valence-corrected chi connectivity index (χ2v) is 4.91. The van der Waals surface area contributed by atoms with Gasteiger partial charge >= 0.3 is 5.97 Å². The normalized spacial score (nSPS) is 22.3. The Labute approximate surface area is 111 Å². The van der Waals surface area contributed by atoms with Gasteiger partial charge in [-0.25, -0.2) is 4.98 Å². The van der Waals surface area contributed by atoms with Crippen LogP contribution in [0.25, 0.3) is 0 Å². The first-order valence-electron chi connectivity index (χ1n) is 6.67. The highest BCUT2D eigenvalue weighted by molar-refractivity contribution is 5.85. The lowest BCUT2D eigenvalue weighted by Crippen LogP contribution is -2.35. The van der Waals surface area contributed by atoms with Crippen LogP contribution in [0.5, 0.6) is 0 Å². The van der Waals surface area contributed by atoms with Gasteiger partial charge in [-0.05, 0) is 19.3 Å². The number of hydrogen-bond acceptors (Lipinski definition) is 3. The van der Waals surface area contributed by atoms with E-state index in [2.05, 4.69) is 15.3 Å². The number of aromatic nitrogens is 2. The summed E-state index contributed by atoms with van der Waals surface area (Å²) < 4.78 is 0. The average molecular weight is 265 g/mol. The summed E-state index contributed by atoms with van der Waals surface area (Å²) in [5.41, 5.74) is 0. The van der Waals surface area contributed by atoms with Crippen molar-refractivity contribution in [3.8, 4) is 0 Å². The van der Waals surface area contributed by atoms with E-state index in [1.54, 1.807) is 12.4 Å². The van der Waals surface area contributed by atoms with Gasteiger partial charge in [-0.3, -0.25) is 9.59 Å². The monoisotopic (exact) mass is 265 g/mol. The first kappa shape index (κ1) is 13.6. The summed E-state index contributed by atoms with van der Waals surface area (Å²) in [5, 5.41) is 11.9. The molecule has 0 bridgehead atoms. The van der Waals surface area contributed by atoms with Crippen molar-refractivity contribution in [3.05, 3.63) is 18.2 Å². The molecule has 19 heavy (non-hydrogen) atoms. The number of carboxylic acid groups (broad SMARTS) is 1. The van der Waals surface area contributed by atoms with Crippen LogP contribution < -0.4 is 5.32 Å². The largest absolute Gasteiger partial charge is 0.481 e. The Kier molecular flexibility index (Phi) is 4.54. The molecule has 1 fully saturated rings. The lowest BCUT2D eigenvalue weighted by atomic mass is 9.95. The molecule has 0 spiro atoms. The smallest absolute Gasteiger partial charge is 0.307 e. The van der Waals surface area contributed by atoms with Crippen molar-refractivity contribution in [1.82, 2.24) is 15.3 Å². The molecule has 1 aromatic heterocycles. The van der Waals surface area contributed by atoms with Gasteiger partial charge in [0, 0.05) is 25.4 Å². The summed E-state index contributed by atoms with van der Waals surface area (Å²) >= 11 is 0. The van der Waals surface area contributed by atoms with Crippen molar-refractivity contribution < 1.29 is 14.7 Å². The van der Waals surface area contributed by atoms with Crippen molar-refractivity contribution in [2.75, 3.05) is 6.54 Å². The van der Waals surface area contributed by atoms with Gasteiger partial charge in [0.15, 0.2) is 0 Å². The Hall–Kier alpha value is -1.85. The Bertz CT molecular complexity index is 430. The molecule has 2 rings (SSSR count). The zero-order valence-corrected chi connectivity index (χ0v) is 10.8. The molecule has 2 atom stereocenters. The van der Waals surface area contributed by atoms with Gasteiger partial charge in [-0.15, -0.1) is 0 Å². The van der Waals surface area contributed by atoms with Gasteiger partial charge in [0.25, 0.3) is 0 Å². The fraction of sp³-hybridized carbons (Fsp3) is 0.615. The van der Waals surface area contributed by atoms with Crippen LogP contribution in [0.15, 0.2) is 12.4 Å². The summed E-state index contributed by atoms with van der Waals surface area (Å²) in [4.78, 5) is 30.0. The topological polar surface area (TPSA) is 95.1 Å². The van der Waals surface area contributed by atoms with Gasteiger partial charge < -0.3 is 15.4 Å². The molecule has 104 valence electrons. The maximum atomic E-state index is 11.9. The van der Waals surface area contributed by atoms with Gasteiger partial charge in [0.05, 0.1) is 11.8 Å². The Balaban J connectivity index is 1.70. The number of aliphatic carboxylic acids is 1. The molecule has 1 aliphatic carbocycles. The number of nitrogens with one attached hydrogen (secondary N) is 2. The van der Waals surface area contributed by atoms with Crippen LogP contribution in [0.3, 0.4) is 0 Å². The fourth-order valence-electron chi connectivity index (χ4n) is 2.60. The number of hydrogen-bond donors (Lipinski definition) is 3. The number of carboxylic acids is 1. The predicted octanol–water partition coefficient (Wildman–Crippen LogP) is 0.959. The number of rotatable bonds is 6. The standard InChI is InChI=1S/C13H19N3O3/c17-12(9-3-1-4-10(9)13(18)19)16-6-2-5-11-14-7-8-15-11/h7-10H,1-6H2,(H,14,15)(H,16,17)(H,18,19). The molecule has 6 heteroatoms. The number of imidazole rings is 1. The van der Waals surface area contributed by atoms with E-state index < -0.39 is 11.9 Å². The second-order valence-electron chi connectivity index (χ2n) is 4.91. The quantitative estimate of drug-likeness (QED) is 0.668. The van der Waals surface area contributed by atoms with Gasteiger partial charge in [0.2, 0.25) is 5.91 Å². The van der Waals surface area contributed by atoms with Crippen molar-refractivity contribution in [2.45, 2.75) is 32.1 Å². The van der Waals surface area contributed by atoms with E-state index in [9.17, 15) is 9.59 Å². The third-order valence-corrected chi connectivity index (χ3v) is 3.61. The molecule has 0 radical (unpaired) electrons. The third kappa shape index (κ3) is 3.56. The van der Waals surface area contributed by atoms with Crippen LogP contribution in [0.4, 0.5) is 0 Å². The minimum atomic E-state index is -0.853. The fourth-order valence-corrected chi connectivity index (χ4v) is 2.60. The maximum absolute atomic E-state index is 11.9. The van der Waals surface area contributed by atoms with Crippen molar-refractivity contribution >= 4 is 11.9 Å². The van der Waals surface area contributed by atoms with Crippen molar-refractivity contribution in [1.29, 1.82) is 0 Å². The van der Waals surface area contributed by atoms with Crippen LogP contribution in [0.2, 0.25) is 0 Å². The number of amides is 1. The van der Waals surface area contributed by atoms with Gasteiger partial charge in [-0.2, -0.15) is 0 Å². The number of carbonyl (C=O) groups excluding carboxylic acids is 1. The molecule has 0 aliphatic heterocycles. The number of H-pyrrole nitrogens is 1. The average Bonchev–Trinajstić information content (AvgIpc) is 3.04. The maximum Gasteiger partial charge on any atom is 0.307 e. The molecule has 6 nitrogen and oxygen atoms in total. The van der Waals surface area contributed by atoms with E-state index in [1.165, 1.54) is 0 Å². The summed E-state index contributed by atoms with van der Waals surface area (Å²) in [6.45, 7) is 0.558. The Morgan fingerprint density at radius 1 is 1.42 bits per heavy atom. The molecular formula is C13H19N3O3. The van der Waals surface area contributed by atoms with Crippen LogP contribution in [-0.4, -0.2) is 33.5 Å². The highest BCUT2D eigenvalue weighted by Gasteiger charge is 2.37. The summed E-state index contributed by atoms with van der Waals surface area (Å²) in [5.74, 6) is -0.942. The molecule has 0 saturated heterocycles. The van der Waals surface area contributed by atoms with E-state index in [4.69, 9.17) is 5.11 Å². The van der Waals surface area contributed by atoms with Gasteiger partial charge in [0.1, 0.15) is 5.82 Å². The minimum Gasteiger partial charge on any atom is -0.481 e. The molecule has 1 aromatic rings. The molecule has 0 aromatic carbocycles.